The van der Waals surface area contributed by atoms with Crippen molar-refractivity contribution in [2.75, 3.05) is 6.61 Å². The molecule has 0 N–H and O–H groups in total. The van der Waals surface area contributed by atoms with Crippen molar-refractivity contribution in [3.63, 3.8) is 0 Å². The van der Waals surface area contributed by atoms with Gasteiger partial charge in [-0.1, -0.05) is 42.5 Å². The third-order valence-electron chi connectivity index (χ3n) is 3.12. The quantitative estimate of drug-likeness (QED) is 0.608. The standard InChI is InChI=1S/C17H18NO2.Y/c1-4-11-20-14-9-10-15(13(3)12-14)16-7-6-8-17(19)18(16)5-2;/h4,6,8-10,12H,1,5,11H2,2-3H3;/q-1;. The van der Waals surface area contributed by atoms with E-state index < -0.39 is 0 Å². The van der Waals surface area contributed by atoms with E-state index in [1.807, 2.05) is 32.0 Å². The van der Waals surface area contributed by atoms with Gasteiger partial charge in [0.15, 0.2) is 5.56 Å². The molecule has 0 unspecified atom stereocenters. The minimum Gasteiger partial charge on any atom is -0.490 e. The van der Waals surface area contributed by atoms with Crippen molar-refractivity contribution >= 4 is 0 Å². The fourth-order valence-corrected chi connectivity index (χ4v) is 2.15. The molecule has 0 aliphatic heterocycles. The molecule has 0 fully saturated rings. The molecule has 0 atom stereocenters. The van der Waals surface area contributed by atoms with Gasteiger partial charge in [0.25, 0.3) is 0 Å². The topological polar surface area (TPSA) is 31.2 Å². The van der Waals surface area contributed by atoms with Crippen LogP contribution in [0.25, 0.3) is 11.3 Å². The van der Waals surface area contributed by atoms with Gasteiger partial charge in [-0.2, -0.15) is 12.1 Å². The number of pyridine rings is 1. The van der Waals surface area contributed by atoms with Crippen molar-refractivity contribution in [1.82, 2.24) is 4.57 Å². The van der Waals surface area contributed by atoms with Crippen LogP contribution in [0.2, 0.25) is 0 Å². The normalized spacial score (nSPS) is 9.81. The number of rotatable bonds is 5. The van der Waals surface area contributed by atoms with Crippen LogP contribution in [0.4, 0.5) is 0 Å². The van der Waals surface area contributed by atoms with Crippen LogP contribution in [0.1, 0.15) is 12.5 Å². The van der Waals surface area contributed by atoms with Gasteiger partial charge < -0.3 is 9.30 Å². The third kappa shape index (κ3) is 4.15. The van der Waals surface area contributed by atoms with E-state index in [1.54, 1.807) is 16.7 Å². The maximum absolute atomic E-state index is 11.9. The summed E-state index contributed by atoms with van der Waals surface area (Å²) >= 11 is 0. The van der Waals surface area contributed by atoms with Crippen LogP contribution < -0.4 is 10.3 Å². The summed E-state index contributed by atoms with van der Waals surface area (Å²) in [6.07, 6.45) is 1.71. The van der Waals surface area contributed by atoms with Gasteiger partial charge in [0.05, 0.1) is 0 Å². The minimum absolute atomic E-state index is 0. The van der Waals surface area contributed by atoms with E-state index >= 15 is 0 Å². The molecule has 2 aromatic rings. The fraction of sp³-hybridized carbons (Fsp3) is 0.235. The summed E-state index contributed by atoms with van der Waals surface area (Å²) in [4.78, 5) is 11.9. The smallest absolute Gasteiger partial charge is 0.194 e. The van der Waals surface area contributed by atoms with Crippen molar-refractivity contribution in [2.24, 2.45) is 0 Å². The van der Waals surface area contributed by atoms with Crippen LogP contribution in [-0.4, -0.2) is 11.2 Å². The number of aryl methyl sites for hydroxylation is 1. The second-order valence-electron chi connectivity index (χ2n) is 4.49. The van der Waals surface area contributed by atoms with Crippen molar-refractivity contribution in [2.45, 2.75) is 20.4 Å². The zero-order chi connectivity index (χ0) is 14.5. The predicted octanol–water partition coefficient (Wildman–Crippen LogP) is 3.21. The summed E-state index contributed by atoms with van der Waals surface area (Å²) < 4.78 is 7.23. The van der Waals surface area contributed by atoms with E-state index in [9.17, 15) is 4.79 Å². The van der Waals surface area contributed by atoms with Gasteiger partial charge in [-0.3, -0.25) is 4.79 Å². The summed E-state index contributed by atoms with van der Waals surface area (Å²) in [7, 11) is 0. The number of aromatic nitrogens is 1. The molecular formula is C17H18NO2Y-. The Morgan fingerprint density at radius 3 is 2.76 bits per heavy atom. The molecule has 0 bridgehead atoms. The predicted molar refractivity (Wildman–Crippen MR) is 81.1 cm³/mol. The molecule has 1 aromatic carbocycles. The van der Waals surface area contributed by atoms with Crippen molar-refractivity contribution < 1.29 is 37.4 Å². The average Bonchev–Trinajstić information content (AvgIpc) is 2.45. The molecular weight excluding hydrogens is 339 g/mol. The molecule has 0 aliphatic carbocycles. The molecule has 2 rings (SSSR count). The molecule has 1 radical (unpaired) electrons. The van der Waals surface area contributed by atoms with E-state index in [2.05, 4.69) is 12.6 Å². The maximum atomic E-state index is 11.9. The number of hydrogen-bond acceptors (Lipinski definition) is 2. The first-order valence-electron chi connectivity index (χ1n) is 6.63. The zero-order valence-corrected chi connectivity index (χ0v) is 15.3. The molecule has 0 saturated carbocycles. The average molecular weight is 357 g/mol. The van der Waals surface area contributed by atoms with Gasteiger partial charge in [-0.15, -0.1) is 6.07 Å². The van der Waals surface area contributed by atoms with Gasteiger partial charge in [0, 0.05) is 39.3 Å². The first-order chi connectivity index (χ1) is 9.67. The van der Waals surface area contributed by atoms with E-state index in [4.69, 9.17) is 4.74 Å². The number of hydrogen-bond donors (Lipinski definition) is 0. The Kier molecular flexibility index (Phi) is 7.06. The fourth-order valence-electron chi connectivity index (χ4n) is 2.15. The van der Waals surface area contributed by atoms with Crippen LogP contribution in [0.3, 0.4) is 0 Å². The van der Waals surface area contributed by atoms with Crippen LogP contribution >= 0.6 is 0 Å². The summed E-state index contributed by atoms with van der Waals surface area (Å²) in [5.74, 6) is 0.799. The third-order valence-corrected chi connectivity index (χ3v) is 3.12. The van der Waals surface area contributed by atoms with Gasteiger partial charge in [0.1, 0.15) is 12.4 Å². The molecule has 0 amide bonds. The SMILES string of the molecule is C=CCOc1ccc(-c2[c-]ccc(=O)n2CC)c(C)c1.[Y]. The summed E-state index contributed by atoms with van der Waals surface area (Å²) in [6.45, 7) is 8.69. The first-order valence-corrected chi connectivity index (χ1v) is 6.63. The molecule has 0 spiro atoms. The molecule has 1 heterocycles. The Labute approximate surface area is 150 Å². The molecule has 0 aliphatic rings. The van der Waals surface area contributed by atoms with Crippen LogP contribution in [0, 0.1) is 13.0 Å². The Morgan fingerprint density at radius 2 is 2.14 bits per heavy atom. The molecule has 4 heteroatoms. The summed E-state index contributed by atoms with van der Waals surface area (Å²) in [5.41, 5.74) is 2.85. The molecule has 3 nitrogen and oxygen atoms in total. The maximum Gasteiger partial charge on any atom is 0.194 e. The molecule has 0 saturated heterocycles. The molecule has 1 aromatic heterocycles. The second kappa shape index (κ2) is 8.30. The Morgan fingerprint density at radius 1 is 1.38 bits per heavy atom. The van der Waals surface area contributed by atoms with E-state index in [1.165, 1.54) is 6.07 Å². The van der Waals surface area contributed by atoms with E-state index in [0.29, 0.717) is 13.2 Å². The number of nitrogens with zero attached hydrogens (tertiary/aromatic N) is 1. The van der Waals surface area contributed by atoms with Gasteiger partial charge in [-0.25, -0.2) is 0 Å². The summed E-state index contributed by atoms with van der Waals surface area (Å²) in [6, 6.07) is 12.2. The van der Waals surface area contributed by atoms with Crippen LogP contribution in [0.15, 0.2) is 47.8 Å². The monoisotopic (exact) mass is 357 g/mol. The molecule has 21 heavy (non-hydrogen) atoms. The second-order valence-corrected chi connectivity index (χ2v) is 4.49. The van der Waals surface area contributed by atoms with Crippen LogP contribution in [-0.2, 0) is 39.3 Å². The van der Waals surface area contributed by atoms with Gasteiger partial charge in [-0.05, 0) is 19.1 Å². The van der Waals surface area contributed by atoms with Crippen LogP contribution in [0.5, 0.6) is 5.75 Å². The zero-order valence-electron chi connectivity index (χ0n) is 12.4. The van der Waals surface area contributed by atoms with Gasteiger partial charge in [0.2, 0.25) is 0 Å². The van der Waals surface area contributed by atoms with E-state index in [0.717, 1.165) is 22.6 Å². The first kappa shape index (κ1) is 17.9. The van der Waals surface area contributed by atoms with Crippen molar-refractivity contribution in [1.29, 1.82) is 0 Å². The number of benzene rings is 1. The van der Waals surface area contributed by atoms with Crippen molar-refractivity contribution in [3.05, 3.63) is 65.0 Å². The van der Waals surface area contributed by atoms with Crippen molar-refractivity contribution in [3.8, 4) is 17.0 Å². The van der Waals surface area contributed by atoms with E-state index in [-0.39, 0.29) is 38.3 Å². The Balaban J connectivity index is 0.00000220. The number of ether oxygens (including phenoxy) is 1. The Hall–Kier alpha value is -1.19. The largest absolute Gasteiger partial charge is 0.490 e. The molecule has 107 valence electrons. The van der Waals surface area contributed by atoms with Gasteiger partial charge >= 0.3 is 0 Å². The summed E-state index contributed by atoms with van der Waals surface area (Å²) in [5, 5.41) is 0. The Bertz CT molecular complexity index is 677. The minimum atomic E-state index is -0.00682.